The summed E-state index contributed by atoms with van der Waals surface area (Å²) in [6.07, 6.45) is 3.21. The van der Waals surface area contributed by atoms with Crippen molar-refractivity contribution in [3.05, 3.63) is 133 Å². The zero-order valence-corrected chi connectivity index (χ0v) is 20.2. The highest BCUT2D eigenvalue weighted by molar-refractivity contribution is 5.16. The van der Waals surface area contributed by atoms with Gasteiger partial charge in [-0.25, -0.2) is 0 Å². The first-order chi connectivity index (χ1) is 17.3. The Kier molecular flexibility index (Phi) is 9.44. The maximum absolute atomic E-state index is 6.58. The minimum atomic E-state index is -0.258. The fourth-order valence-corrected chi connectivity index (χ4v) is 4.57. The van der Waals surface area contributed by atoms with Gasteiger partial charge in [0.15, 0.2) is 0 Å². The second-order valence-electron chi connectivity index (χ2n) is 8.83. The van der Waals surface area contributed by atoms with Crippen molar-refractivity contribution in [3.63, 3.8) is 0 Å². The summed E-state index contributed by atoms with van der Waals surface area (Å²) in [5.41, 5.74) is 3.39. The smallest absolute Gasteiger partial charge is 0.113 e. The molecule has 1 saturated heterocycles. The molecule has 0 radical (unpaired) electrons. The van der Waals surface area contributed by atoms with E-state index in [1.54, 1.807) is 0 Å². The van der Waals surface area contributed by atoms with Gasteiger partial charge in [0, 0.05) is 13.1 Å². The highest BCUT2D eigenvalue weighted by Crippen LogP contribution is 2.29. The average Bonchev–Trinajstić information content (AvgIpc) is 2.91. The molecule has 1 fully saturated rings. The molecular weight excluding hydrogens is 434 g/mol. The zero-order chi connectivity index (χ0) is 24.3. The molecule has 0 aliphatic carbocycles. The third-order valence-electron chi connectivity index (χ3n) is 6.35. The van der Waals surface area contributed by atoms with Crippen LogP contribution in [0.3, 0.4) is 0 Å². The van der Waals surface area contributed by atoms with Gasteiger partial charge in [-0.3, -0.25) is 4.90 Å². The van der Waals surface area contributed by atoms with Crippen LogP contribution in [-0.4, -0.2) is 42.3 Å². The summed E-state index contributed by atoms with van der Waals surface area (Å²) in [7, 11) is 0. The number of piperidine rings is 1. The average molecular weight is 470 g/mol. The van der Waals surface area contributed by atoms with Crippen LogP contribution in [0.4, 0.5) is 0 Å². The fourth-order valence-electron chi connectivity index (χ4n) is 4.57. The van der Waals surface area contributed by atoms with Crippen LogP contribution >= 0.6 is 0 Å². The molecule has 35 heavy (non-hydrogen) atoms. The summed E-state index contributed by atoms with van der Waals surface area (Å²) in [5, 5.41) is 0. The van der Waals surface area contributed by atoms with Crippen molar-refractivity contribution in [2.75, 3.05) is 13.1 Å². The molecule has 4 nitrogen and oxygen atoms in total. The third kappa shape index (κ3) is 7.00. The minimum absolute atomic E-state index is 0.0194. The molecule has 0 amide bonds. The van der Waals surface area contributed by atoms with E-state index in [0.717, 1.165) is 23.2 Å². The van der Waals surface area contributed by atoms with E-state index in [1.165, 1.54) is 0 Å². The maximum Gasteiger partial charge on any atom is 0.113 e. The largest absolute Gasteiger partial charge is 0.369 e. The Bertz CT molecular complexity index is 1020. The van der Waals surface area contributed by atoms with Gasteiger partial charge in [0.2, 0.25) is 0 Å². The van der Waals surface area contributed by atoms with Gasteiger partial charge < -0.3 is 14.2 Å². The van der Waals surface area contributed by atoms with Crippen LogP contribution in [0.25, 0.3) is 0 Å². The van der Waals surface area contributed by atoms with E-state index >= 15 is 0 Å². The molecule has 0 unspecified atom stereocenters. The van der Waals surface area contributed by atoms with E-state index < -0.39 is 0 Å². The van der Waals surface area contributed by atoms with E-state index in [9.17, 15) is 0 Å². The molecular formula is C31H35NO3. The second kappa shape index (κ2) is 13.2. The van der Waals surface area contributed by atoms with Crippen molar-refractivity contribution in [1.29, 1.82) is 0 Å². The molecule has 182 valence electrons. The summed E-state index contributed by atoms with van der Waals surface area (Å²) >= 11 is 0. The zero-order valence-electron chi connectivity index (χ0n) is 20.2. The standard InChI is InChI=1S/C31H35NO3/c1-3-20-32-21-29(33-22-25-14-8-5-9-15-25)31(35-24-27-18-12-7-13-19-27)30(28(32)4-2)34-23-26-16-10-6-11-17-26/h3-19,28-31H,1-2,20-24H2/t28-,29-,30+,31+/m0/s1. The normalized spacial score (nSPS) is 22.5. The number of benzene rings is 3. The first-order valence-electron chi connectivity index (χ1n) is 12.2. The minimum Gasteiger partial charge on any atom is -0.369 e. The van der Waals surface area contributed by atoms with E-state index in [0.29, 0.717) is 26.4 Å². The van der Waals surface area contributed by atoms with Crippen LogP contribution in [-0.2, 0) is 34.0 Å². The van der Waals surface area contributed by atoms with Crippen LogP contribution in [0.15, 0.2) is 116 Å². The van der Waals surface area contributed by atoms with Gasteiger partial charge in [-0.15, -0.1) is 13.2 Å². The Morgan fingerprint density at radius 2 is 1.11 bits per heavy atom. The highest BCUT2D eigenvalue weighted by Gasteiger charge is 2.44. The molecule has 3 aromatic rings. The lowest BCUT2D eigenvalue weighted by Crippen LogP contribution is -2.62. The van der Waals surface area contributed by atoms with Gasteiger partial charge in [0.25, 0.3) is 0 Å². The lowest BCUT2D eigenvalue weighted by atomic mass is 9.92. The molecule has 1 aliphatic rings. The molecule has 0 aromatic heterocycles. The highest BCUT2D eigenvalue weighted by atomic mass is 16.6. The number of likely N-dealkylation sites (tertiary alicyclic amines) is 1. The van der Waals surface area contributed by atoms with Crippen molar-refractivity contribution in [1.82, 2.24) is 4.90 Å². The number of rotatable bonds is 12. The van der Waals surface area contributed by atoms with E-state index in [1.807, 2.05) is 66.7 Å². The Hall–Kier alpha value is -3.02. The summed E-state index contributed by atoms with van der Waals surface area (Å²) < 4.78 is 19.7. The summed E-state index contributed by atoms with van der Waals surface area (Å²) in [4.78, 5) is 2.31. The molecule has 0 saturated carbocycles. The third-order valence-corrected chi connectivity index (χ3v) is 6.35. The van der Waals surface area contributed by atoms with Crippen molar-refractivity contribution in [2.45, 2.75) is 44.2 Å². The van der Waals surface area contributed by atoms with Crippen LogP contribution in [0, 0.1) is 0 Å². The van der Waals surface area contributed by atoms with Gasteiger partial charge in [0.1, 0.15) is 12.2 Å². The monoisotopic (exact) mass is 469 g/mol. The lowest BCUT2D eigenvalue weighted by Gasteiger charge is -2.47. The second-order valence-corrected chi connectivity index (χ2v) is 8.83. The van der Waals surface area contributed by atoms with E-state index in [4.69, 9.17) is 14.2 Å². The Balaban J connectivity index is 1.58. The Morgan fingerprint density at radius 1 is 0.657 bits per heavy atom. The SMILES string of the molecule is C=CCN1C[C@H](OCc2ccccc2)[C@@H](OCc2ccccc2)[C@H](OCc2ccccc2)[C@@H]1C=C. The van der Waals surface area contributed by atoms with Gasteiger partial charge in [-0.05, 0) is 16.7 Å². The molecule has 3 aromatic carbocycles. The number of hydrogen-bond donors (Lipinski definition) is 0. The first kappa shape index (κ1) is 25.1. The summed E-state index contributed by atoms with van der Waals surface area (Å²) in [6.45, 7) is 11.0. The number of nitrogens with zero attached hydrogens (tertiary/aromatic N) is 1. The molecule has 0 bridgehead atoms. The molecule has 1 aliphatic heterocycles. The van der Waals surface area contributed by atoms with Crippen molar-refractivity contribution >= 4 is 0 Å². The lowest BCUT2D eigenvalue weighted by molar-refractivity contribution is -0.195. The van der Waals surface area contributed by atoms with Crippen molar-refractivity contribution in [3.8, 4) is 0 Å². The van der Waals surface area contributed by atoms with Gasteiger partial charge in [-0.2, -0.15) is 0 Å². The maximum atomic E-state index is 6.58. The van der Waals surface area contributed by atoms with Crippen LogP contribution in [0.2, 0.25) is 0 Å². The molecule has 1 heterocycles. The van der Waals surface area contributed by atoms with Crippen LogP contribution in [0.1, 0.15) is 16.7 Å². The predicted molar refractivity (Wildman–Crippen MR) is 141 cm³/mol. The first-order valence-corrected chi connectivity index (χ1v) is 12.2. The van der Waals surface area contributed by atoms with Gasteiger partial charge in [-0.1, -0.05) is 103 Å². The van der Waals surface area contributed by atoms with E-state index in [2.05, 4.69) is 54.5 Å². The van der Waals surface area contributed by atoms with Crippen LogP contribution in [0.5, 0.6) is 0 Å². The van der Waals surface area contributed by atoms with Gasteiger partial charge in [0.05, 0.1) is 32.0 Å². The number of ether oxygens (including phenoxy) is 3. The predicted octanol–water partition coefficient (Wildman–Crippen LogP) is 5.80. The van der Waals surface area contributed by atoms with E-state index in [-0.39, 0.29) is 24.4 Å². The molecule has 0 spiro atoms. The molecule has 4 atom stereocenters. The van der Waals surface area contributed by atoms with Crippen molar-refractivity contribution in [2.24, 2.45) is 0 Å². The summed E-state index contributed by atoms with van der Waals surface area (Å²) in [5.74, 6) is 0. The fraction of sp³-hybridized carbons (Fsp3) is 0.290. The Morgan fingerprint density at radius 3 is 1.57 bits per heavy atom. The Labute approximate surface area is 209 Å². The quantitative estimate of drug-likeness (QED) is 0.314. The number of hydrogen-bond acceptors (Lipinski definition) is 4. The molecule has 4 heteroatoms. The van der Waals surface area contributed by atoms with Crippen molar-refractivity contribution < 1.29 is 14.2 Å². The molecule has 0 N–H and O–H groups in total. The molecule has 4 rings (SSSR count). The summed E-state index contributed by atoms with van der Waals surface area (Å²) in [6, 6.07) is 30.7. The van der Waals surface area contributed by atoms with Gasteiger partial charge >= 0.3 is 0 Å². The topological polar surface area (TPSA) is 30.9 Å². The van der Waals surface area contributed by atoms with Crippen LogP contribution < -0.4 is 0 Å².